The summed E-state index contributed by atoms with van der Waals surface area (Å²) >= 11 is 0. The third-order valence-corrected chi connectivity index (χ3v) is 3.51. The second-order valence-corrected chi connectivity index (χ2v) is 4.98. The summed E-state index contributed by atoms with van der Waals surface area (Å²) in [7, 11) is 0. The van der Waals surface area contributed by atoms with Gasteiger partial charge >= 0.3 is 0 Å². The summed E-state index contributed by atoms with van der Waals surface area (Å²) in [4.78, 5) is 6.83. The Morgan fingerprint density at radius 3 is 2.33 bits per heavy atom. The fourth-order valence-corrected chi connectivity index (χ4v) is 2.10. The maximum absolute atomic E-state index is 12.8. The molecule has 0 aliphatic carbocycles. The summed E-state index contributed by atoms with van der Waals surface area (Å²) < 4.78 is 12.8. The standard InChI is InChI=1S/C17H22FN3/c1-3-21(4-2)13-17-8-5-14(12-20-17)11-19-16-9-6-15(18)7-10-16/h5-10,12,19H,3-4,11,13H2,1-2H3. The van der Waals surface area contributed by atoms with E-state index < -0.39 is 0 Å². The van der Waals surface area contributed by atoms with Gasteiger partial charge in [0.25, 0.3) is 0 Å². The van der Waals surface area contributed by atoms with Crippen LogP contribution in [0.1, 0.15) is 25.1 Å². The first-order valence-corrected chi connectivity index (χ1v) is 7.37. The van der Waals surface area contributed by atoms with Gasteiger partial charge in [0.15, 0.2) is 0 Å². The molecule has 0 saturated carbocycles. The number of halogens is 1. The molecule has 0 amide bonds. The quantitative estimate of drug-likeness (QED) is 0.842. The fraction of sp³-hybridized carbons (Fsp3) is 0.353. The monoisotopic (exact) mass is 287 g/mol. The Balaban J connectivity index is 1.88. The van der Waals surface area contributed by atoms with Gasteiger partial charge < -0.3 is 5.32 Å². The van der Waals surface area contributed by atoms with E-state index in [1.165, 1.54) is 12.1 Å². The highest BCUT2D eigenvalue weighted by molar-refractivity contribution is 5.43. The van der Waals surface area contributed by atoms with Gasteiger partial charge in [-0.25, -0.2) is 4.39 Å². The van der Waals surface area contributed by atoms with Crippen LogP contribution in [0.15, 0.2) is 42.6 Å². The third kappa shape index (κ3) is 4.83. The van der Waals surface area contributed by atoms with Gasteiger partial charge in [-0.3, -0.25) is 9.88 Å². The van der Waals surface area contributed by atoms with Gasteiger partial charge in [0.2, 0.25) is 0 Å². The number of rotatable bonds is 7. The second kappa shape index (κ2) is 7.74. The van der Waals surface area contributed by atoms with E-state index in [2.05, 4.69) is 41.2 Å². The molecule has 0 radical (unpaired) electrons. The number of anilines is 1. The SMILES string of the molecule is CCN(CC)Cc1ccc(CNc2ccc(F)cc2)cn1. The van der Waals surface area contributed by atoms with E-state index in [0.717, 1.165) is 36.6 Å². The van der Waals surface area contributed by atoms with E-state index in [1.807, 2.05) is 6.20 Å². The number of benzene rings is 1. The van der Waals surface area contributed by atoms with Crippen LogP contribution in [0.2, 0.25) is 0 Å². The van der Waals surface area contributed by atoms with Crippen molar-refractivity contribution in [1.29, 1.82) is 0 Å². The van der Waals surface area contributed by atoms with Crippen LogP contribution in [0, 0.1) is 5.82 Å². The molecule has 1 N–H and O–H groups in total. The number of nitrogens with zero attached hydrogens (tertiary/aromatic N) is 2. The number of hydrogen-bond acceptors (Lipinski definition) is 3. The van der Waals surface area contributed by atoms with Crippen LogP contribution in [0.4, 0.5) is 10.1 Å². The second-order valence-electron chi connectivity index (χ2n) is 4.98. The molecular weight excluding hydrogens is 265 g/mol. The van der Waals surface area contributed by atoms with Gasteiger partial charge in [0.1, 0.15) is 5.82 Å². The Labute approximate surface area is 125 Å². The van der Waals surface area contributed by atoms with Gasteiger partial charge in [-0.2, -0.15) is 0 Å². The minimum absolute atomic E-state index is 0.219. The van der Waals surface area contributed by atoms with Gasteiger partial charge in [0.05, 0.1) is 5.69 Å². The molecule has 0 unspecified atom stereocenters. The van der Waals surface area contributed by atoms with Crippen molar-refractivity contribution in [2.75, 3.05) is 18.4 Å². The molecule has 4 heteroatoms. The molecule has 2 aromatic rings. The van der Waals surface area contributed by atoms with Crippen molar-refractivity contribution in [1.82, 2.24) is 9.88 Å². The van der Waals surface area contributed by atoms with Crippen LogP contribution in [0.5, 0.6) is 0 Å². The zero-order valence-corrected chi connectivity index (χ0v) is 12.6. The molecule has 0 atom stereocenters. The summed E-state index contributed by atoms with van der Waals surface area (Å²) in [6.45, 7) is 7.95. The van der Waals surface area contributed by atoms with Crippen molar-refractivity contribution in [3.63, 3.8) is 0 Å². The fourth-order valence-electron chi connectivity index (χ4n) is 2.10. The highest BCUT2D eigenvalue weighted by atomic mass is 19.1. The zero-order valence-electron chi connectivity index (χ0n) is 12.6. The normalized spacial score (nSPS) is 10.9. The Bertz CT molecular complexity index is 533. The zero-order chi connectivity index (χ0) is 15.1. The van der Waals surface area contributed by atoms with Gasteiger partial charge in [0, 0.05) is 25.0 Å². The lowest BCUT2D eigenvalue weighted by molar-refractivity contribution is 0.292. The van der Waals surface area contributed by atoms with Gasteiger partial charge in [-0.15, -0.1) is 0 Å². The van der Waals surface area contributed by atoms with E-state index >= 15 is 0 Å². The maximum Gasteiger partial charge on any atom is 0.123 e. The summed E-state index contributed by atoms with van der Waals surface area (Å²) in [5.74, 6) is -0.219. The van der Waals surface area contributed by atoms with Crippen LogP contribution in [-0.4, -0.2) is 23.0 Å². The van der Waals surface area contributed by atoms with Crippen LogP contribution in [0.25, 0.3) is 0 Å². The van der Waals surface area contributed by atoms with Gasteiger partial charge in [-0.1, -0.05) is 19.9 Å². The summed E-state index contributed by atoms with van der Waals surface area (Å²) in [6, 6.07) is 10.5. The van der Waals surface area contributed by atoms with E-state index in [1.54, 1.807) is 12.1 Å². The predicted octanol–water partition coefficient (Wildman–Crippen LogP) is 3.67. The first-order valence-electron chi connectivity index (χ1n) is 7.37. The molecule has 2 rings (SSSR count). The number of pyridine rings is 1. The molecule has 0 bridgehead atoms. The molecule has 0 fully saturated rings. The summed E-state index contributed by atoms with van der Waals surface area (Å²) in [5.41, 5.74) is 3.11. The predicted molar refractivity (Wildman–Crippen MR) is 84.6 cm³/mol. The van der Waals surface area contributed by atoms with E-state index in [0.29, 0.717) is 6.54 Å². The molecule has 21 heavy (non-hydrogen) atoms. The molecule has 112 valence electrons. The first-order chi connectivity index (χ1) is 10.2. The maximum atomic E-state index is 12.8. The first kappa shape index (κ1) is 15.4. The van der Waals surface area contributed by atoms with Gasteiger partial charge in [-0.05, 0) is 49.0 Å². The Morgan fingerprint density at radius 1 is 1.05 bits per heavy atom. The summed E-state index contributed by atoms with van der Waals surface area (Å²) in [6.07, 6.45) is 1.90. The lowest BCUT2D eigenvalue weighted by Gasteiger charge is -2.17. The number of aromatic nitrogens is 1. The lowest BCUT2D eigenvalue weighted by Crippen LogP contribution is -2.22. The van der Waals surface area contributed by atoms with Crippen LogP contribution in [-0.2, 0) is 13.1 Å². The molecule has 1 heterocycles. The van der Waals surface area contributed by atoms with E-state index in [4.69, 9.17) is 0 Å². The largest absolute Gasteiger partial charge is 0.381 e. The molecule has 1 aromatic carbocycles. The minimum atomic E-state index is -0.219. The van der Waals surface area contributed by atoms with Crippen molar-refractivity contribution >= 4 is 5.69 Å². The Morgan fingerprint density at radius 2 is 1.76 bits per heavy atom. The molecule has 0 aliphatic rings. The van der Waals surface area contributed by atoms with Crippen LogP contribution in [0.3, 0.4) is 0 Å². The highest BCUT2D eigenvalue weighted by Gasteiger charge is 2.02. The number of nitrogens with one attached hydrogen (secondary N) is 1. The summed E-state index contributed by atoms with van der Waals surface area (Å²) in [5, 5.41) is 3.25. The van der Waals surface area contributed by atoms with Crippen molar-refractivity contribution in [2.24, 2.45) is 0 Å². The molecule has 0 saturated heterocycles. The van der Waals surface area contributed by atoms with E-state index in [9.17, 15) is 4.39 Å². The molecule has 0 spiro atoms. The topological polar surface area (TPSA) is 28.2 Å². The van der Waals surface area contributed by atoms with Crippen LogP contribution >= 0.6 is 0 Å². The smallest absolute Gasteiger partial charge is 0.123 e. The lowest BCUT2D eigenvalue weighted by atomic mass is 10.2. The highest BCUT2D eigenvalue weighted by Crippen LogP contribution is 2.10. The van der Waals surface area contributed by atoms with E-state index in [-0.39, 0.29) is 5.82 Å². The number of hydrogen-bond donors (Lipinski definition) is 1. The average Bonchev–Trinajstić information content (AvgIpc) is 2.53. The van der Waals surface area contributed by atoms with Crippen molar-refractivity contribution in [3.8, 4) is 0 Å². The van der Waals surface area contributed by atoms with Crippen molar-refractivity contribution < 1.29 is 4.39 Å². The Hall–Kier alpha value is -1.94. The average molecular weight is 287 g/mol. The Kier molecular flexibility index (Phi) is 5.69. The third-order valence-electron chi connectivity index (χ3n) is 3.51. The molecule has 1 aromatic heterocycles. The van der Waals surface area contributed by atoms with Crippen molar-refractivity contribution in [3.05, 3.63) is 59.7 Å². The molecule has 0 aliphatic heterocycles. The molecule has 3 nitrogen and oxygen atoms in total. The molecular formula is C17H22FN3. The van der Waals surface area contributed by atoms with Crippen molar-refractivity contribution in [2.45, 2.75) is 26.9 Å². The van der Waals surface area contributed by atoms with Crippen LogP contribution < -0.4 is 5.32 Å². The minimum Gasteiger partial charge on any atom is -0.381 e.